The summed E-state index contributed by atoms with van der Waals surface area (Å²) in [6, 6.07) is 15.0. The van der Waals surface area contributed by atoms with Crippen LogP contribution in [0.3, 0.4) is 0 Å². The van der Waals surface area contributed by atoms with E-state index in [0.717, 1.165) is 19.0 Å². The third kappa shape index (κ3) is 3.30. The molecule has 2 atom stereocenters. The van der Waals surface area contributed by atoms with Crippen LogP contribution in [0.5, 0.6) is 0 Å². The maximum absolute atomic E-state index is 6.22. The number of pyridine rings is 1. The molecule has 1 aromatic carbocycles. The van der Waals surface area contributed by atoms with Crippen LogP contribution in [-0.4, -0.2) is 23.7 Å². The normalized spacial score (nSPS) is 26.0. The predicted molar refractivity (Wildman–Crippen MR) is 102 cm³/mol. The van der Waals surface area contributed by atoms with Crippen LogP contribution in [0.4, 0.5) is 11.5 Å². The lowest BCUT2D eigenvalue weighted by Gasteiger charge is -2.39. The highest BCUT2D eigenvalue weighted by molar-refractivity contribution is 5.64. The molecule has 2 unspecified atom stereocenters. The fourth-order valence-electron chi connectivity index (χ4n) is 4.75. The van der Waals surface area contributed by atoms with Crippen LogP contribution in [0, 0.1) is 0 Å². The third-order valence-corrected chi connectivity index (χ3v) is 5.90. The Morgan fingerprint density at radius 2 is 1.96 bits per heavy atom. The maximum atomic E-state index is 6.22. The van der Waals surface area contributed by atoms with E-state index < -0.39 is 0 Å². The molecule has 132 valence electrons. The monoisotopic (exact) mass is 336 g/mol. The van der Waals surface area contributed by atoms with Crippen molar-refractivity contribution < 1.29 is 4.74 Å². The topological polar surface area (TPSA) is 25.4 Å². The molecule has 0 N–H and O–H groups in total. The summed E-state index contributed by atoms with van der Waals surface area (Å²) >= 11 is 0. The van der Waals surface area contributed by atoms with Crippen molar-refractivity contribution in [1.82, 2.24) is 4.98 Å². The molecule has 2 heterocycles. The van der Waals surface area contributed by atoms with Crippen LogP contribution in [0.2, 0.25) is 0 Å². The van der Waals surface area contributed by atoms with Crippen molar-refractivity contribution >= 4 is 11.5 Å². The van der Waals surface area contributed by atoms with Gasteiger partial charge in [-0.3, -0.25) is 0 Å². The van der Waals surface area contributed by atoms with E-state index in [1.54, 1.807) is 0 Å². The molecular weight excluding hydrogens is 308 g/mol. The molecule has 2 aromatic rings. The SMILES string of the molecule is CCN(c1ccccn1)c1ccccc1C1CCCC2(CCCO2)C1. The zero-order valence-corrected chi connectivity index (χ0v) is 15.2. The van der Waals surface area contributed by atoms with Crippen molar-refractivity contribution in [2.24, 2.45) is 0 Å². The number of para-hydroxylation sites is 1. The van der Waals surface area contributed by atoms with Gasteiger partial charge < -0.3 is 9.64 Å². The molecule has 1 aromatic heterocycles. The van der Waals surface area contributed by atoms with E-state index in [9.17, 15) is 0 Å². The Bertz CT molecular complexity index is 694. The van der Waals surface area contributed by atoms with E-state index in [4.69, 9.17) is 4.74 Å². The number of hydrogen-bond acceptors (Lipinski definition) is 3. The van der Waals surface area contributed by atoms with Crippen LogP contribution >= 0.6 is 0 Å². The van der Waals surface area contributed by atoms with E-state index in [-0.39, 0.29) is 5.60 Å². The summed E-state index contributed by atoms with van der Waals surface area (Å²) in [7, 11) is 0. The van der Waals surface area contributed by atoms with Gasteiger partial charge in [0.2, 0.25) is 0 Å². The molecule has 1 saturated carbocycles. The molecule has 25 heavy (non-hydrogen) atoms. The molecule has 1 aliphatic heterocycles. The highest BCUT2D eigenvalue weighted by Gasteiger charge is 2.40. The molecule has 2 aliphatic rings. The standard InChI is InChI=1S/C22H28N2O/c1-2-24(21-12-5-6-15-23-21)20-11-4-3-10-19(20)18-9-7-13-22(17-18)14-8-16-25-22/h3-6,10-12,15,18H,2,7-9,13-14,16-17H2,1H3. The Labute approximate surface area is 151 Å². The summed E-state index contributed by atoms with van der Waals surface area (Å²) in [6.07, 6.45) is 9.29. The smallest absolute Gasteiger partial charge is 0.132 e. The average molecular weight is 336 g/mol. The lowest BCUT2D eigenvalue weighted by molar-refractivity contribution is -0.0303. The Hall–Kier alpha value is -1.87. The highest BCUT2D eigenvalue weighted by atomic mass is 16.5. The molecule has 0 radical (unpaired) electrons. The average Bonchev–Trinajstić information content (AvgIpc) is 3.11. The van der Waals surface area contributed by atoms with Gasteiger partial charge in [0.15, 0.2) is 0 Å². The quantitative estimate of drug-likeness (QED) is 0.742. The van der Waals surface area contributed by atoms with Gasteiger partial charge in [0.05, 0.1) is 5.60 Å². The summed E-state index contributed by atoms with van der Waals surface area (Å²) in [5.41, 5.74) is 2.92. The molecule has 1 aliphatic carbocycles. The number of ether oxygens (including phenoxy) is 1. The molecule has 3 nitrogen and oxygen atoms in total. The van der Waals surface area contributed by atoms with Crippen molar-refractivity contribution in [3.63, 3.8) is 0 Å². The predicted octanol–water partition coefficient (Wildman–Crippen LogP) is 5.45. The molecule has 2 fully saturated rings. The minimum absolute atomic E-state index is 0.151. The molecule has 0 amide bonds. The summed E-state index contributed by atoms with van der Waals surface area (Å²) in [6.45, 7) is 4.07. The van der Waals surface area contributed by atoms with Gasteiger partial charge in [0, 0.05) is 25.0 Å². The van der Waals surface area contributed by atoms with Gasteiger partial charge in [-0.25, -0.2) is 4.98 Å². The number of rotatable bonds is 4. The van der Waals surface area contributed by atoms with E-state index >= 15 is 0 Å². The Morgan fingerprint density at radius 1 is 1.12 bits per heavy atom. The van der Waals surface area contributed by atoms with Gasteiger partial charge in [-0.15, -0.1) is 0 Å². The van der Waals surface area contributed by atoms with Gasteiger partial charge in [0.1, 0.15) is 5.82 Å². The van der Waals surface area contributed by atoms with Crippen LogP contribution in [0.15, 0.2) is 48.7 Å². The summed E-state index contributed by atoms with van der Waals surface area (Å²) in [5.74, 6) is 1.61. The van der Waals surface area contributed by atoms with E-state index in [1.807, 2.05) is 12.3 Å². The first kappa shape index (κ1) is 16.6. The minimum Gasteiger partial charge on any atom is -0.375 e. The molecule has 3 heteroatoms. The highest BCUT2D eigenvalue weighted by Crippen LogP contribution is 2.47. The van der Waals surface area contributed by atoms with Crippen LogP contribution < -0.4 is 4.90 Å². The van der Waals surface area contributed by atoms with Crippen molar-refractivity contribution in [1.29, 1.82) is 0 Å². The van der Waals surface area contributed by atoms with Crippen LogP contribution in [0.1, 0.15) is 56.9 Å². The lowest BCUT2D eigenvalue weighted by atomic mass is 9.73. The van der Waals surface area contributed by atoms with Gasteiger partial charge in [-0.1, -0.05) is 24.3 Å². The van der Waals surface area contributed by atoms with E-state index in [1.165, 1.54) is 49.8 Å². The molecule has 4 rings (SSSR count). The minimum atomic E-state index is 0.151. The molecular formula is C22H28N2O. The first-order valence-electron chi connectivity index (χ1n) is 9.73. The molecule has 1 spiro atoms. The van der Waals surface area contributed by atoms with Crippen molar-refractivity contribution in [3.8, 4) is 0 Å². The zero-order chi connectivity index (χ0) is 17.1. The zero-order valence-electron chi connectivity index (χ0n) is 15.2. The largest absolute Gasteiger partial charge is 0.375 e. The fraction of sp³-hybridized carbons (Fsp3) is 0.500. The number of anilines is 2. The second-order valence-electron chi connectivity index (χ2n) is 7.42. The van der Waals surface area contributed by atoms with E-state index in [2.05, 4.69) is 53.2 Å². The van der Waals surface area contributed by atoms with Gasteiger partial charge in [-0.05, 0) is 75.1 Å². The number of benzene rings is 1. The summed E-state index contributed by atoms with van der Waals surface area (Å²) < 4.78 is 6.22. The summed E-state index contributed by atoms with van der Waals surface area (Å²) in [5, 5.41) is 0. The number of aromatic nitrogens is 1. The molecule has 1 saturated heterocycles. The molecule has 0 bridgehead atoms. The van der Waals surface area contributed by atoms with E-state index in [0.29, 0.717) is 5.92 Å². The Morgan fingerprint density at radius 3 is 2.72 bits per heavy atom. The summed E-state index contributed by atoms with van der Waals surface area (Å²) in [4.78, 5) is 6.92. The second-order valence-corrected chi connectivity index (χ2v) is 7.42. The Balaban J connectivity index is 1.67. The Kier molecular flexibility index (Phi) is 4.76. The van der Waals surface area contributed by atoms with Crippen molar-refractivity contribution in [2.75, 3.05) is 18.1 Å². The third-order valence-electron chi connectivity index (χ3n) is 5.90. The number of nitrogens with zero attached hydrogens (tertiary/aromatic N) is 2. The van der Waals surface area contributed by atoms with Crippen molar-refractivity contribution in [3.05, 3.63) is 54.2 Å². The second kappa shape index (κ2) is 7.17. The number of hydrogen-bond donors (Lipinski definition) is 0. The van der Waals surface area contributed by atoms with Gasteiger partial charge in [-0.2, -0.15) is 0 Å². The maximum Gasteiger partial charge on any atom is 0.132 e. The lowest BCUT2D eigenvalue weighted by Crippen LogP contribution is -2.34. The van der Waals surface area contributed by atoms with Gasteiger partial charge >= 0.3 is 0 Å². The van der Waals surface area contributed by atoms with Gasteiger partial charge in [0.25, 0.3) is 0 Å². The first-order valence-corrected chi connectivity index (χ1v) is 9.73. The first-order chi connectivity index (χ1) is 12.3. The van der Waals surface area contributed by atoms with Crippen LogP contribution in [-0.2, 0) is 4.74 Å². The fourth-order valence-corrected chi connectivity index (χ4v) is 4.75. The van der Waals surface area contributed by atoms with Crippen LogP contribution in [0.25, 0.3) is 0 Å². The van der Waals surface area contributed by atoms with Crippen molar-refractivity contribution in [2.45, 2.75) is 57.0 Å².